The fourth-order valence-electron chi connectivity index (χ4n) is 2.24. The van der Waals surface area contributed by atoms with Gasteiger partial charge in [0.05, 0.1) is 11.4 Å². The van der Waals surface area contributed by atoms with Crippen LogP contribution in [0.1, 0.15) is 24.0 Å². The van der Waals surface area contributed by atoms with Crippen molar-refractivity contribution in [2.45, 2.75) is 26.7 Å². The third-order valence-electron chi connectivity index (χ3n) is 3.04. The van der Waals surface area contributed by atoms with Crippen LogP contribution in [0.15, 0.2) is 18.2 Å². The van der Waals surface area contributed by atoms with Gasteiger partial charge in [-0.25, -0.2) is 8.42 Å². The minimum atomic E-state index is -3.09. The van der Waals surface area contributed by atoms with Gasteiger partial charge in [-0.15, -0.1) is 0 Å². The zero-order valence-electron chi connectivity index (χ0n) is 9.73. The number of sulfonamides is 1. The summed E-state index contributed by atoms with van der Waals surface area (Å²) in [5.41, 5.74) is 2.94. The molecule has 1 aromatic rings. The Kier molecular flexibility index (Phi) is 2.93. The van der Waals surface area contributed by atoms with Crippen LogP contribution in [0, 0.1) is 13.8 Å². The maximum absolute atomic E-state index is 12.0. The van der Waals surface area contributed by atoms with Gasteiger partial charge in [0.1, 0.15) is 0 Å². The van der Waals surface area contributed by atoms with E-state index in [2.05, 4.69) is 0 Å². The Morgan fingerprint density at radius 1 is 1.12 bits per heavy atom. The van der Waals surface area contributed by atoms with Gasteiger partial charge >= 0.3 is 0 Å². The SMILES string of the molecule is Cc1cccc(C)c1N1CCCCS1(=O)=O. The second-order valence-corrected chi connectivity index (χ2v) is 6.35. The molecule has 1 aliphatic heterocycles. The largest absolute Gasteiger partial charge is 0.270 e. The fourth-order valence-corrected chi connectivity index (χ4v) is 4.00. The van der Waals surface area contributed by atoms with Crippen molar-refractivity contribution in [1.29, 1.82) is 0 Å². The summed E-state index contributed by atoms with van der Waals surface area (Å²) in [4.78, 5) is 0. The topological polar surface area (TPSA) is 37.4 Å². The zero-order valence-corrected chi connectivity index (χ0v) is 10.5. The molecule has 1 heterocycles. The second kappa shape index (κ2) is 4.09. The number of hydrogen-bond acceptors (Lipinski definition) is 2. The highest BCUT2D eigenvalue weighted by atomic mass is 32.2. The van der Waals surface area contributed by atoms with Crippen molar-refractivity contribution in [3.05, 3.63) is 29.3 Å². The number of benzene rings is 1. The Balaban J connectivity index is 2.51. The molecule has 3 nitrogen and oxygen atoms in total. The summed E-state index contributed by atoms with van der Waals surface area (Å²) in [7, 11) is -3.09. The van der Waals surface area contributed by atoms with Crippen LogP contribution in [-0.2, 0) is 10.0 Å². The molecule has 0 bridgehead atoms. The third-order valence-corrected chi connectivity index (χ3v) is 4.88. The van der Waals surface area contributed by atoms with E-state index in [1.54, 1.807) is 4.31 Å². The molecule has 1 fully saturated rings. The quantitative estimate of drug-likeness (QED) is 0.753. The molecule has 0 atom stereocenters. The van der Waals surface area contributed by atoms with E-state index in [1.807, 2.05) is 32.0 Å². The van der Waals surface area contributed by atoms with Gasteiger partial charge in [0.25, 0.3) is 0 Å². The van der Waals surface area contributed by atoms with Crippen LogP contribution < -0.4 is 4.31 Å². The predicted molar refractivity (Wildman–Crippen MR) is 66.3 cm³/mol. The first kappa shape index (κ1) is 11.5. The fraction of sp³-hybridized carbons (Fsp3) is 0.500. The van der Waals surface area contributed by atoms with Crippen LogP contribution in [0.5, 0.6) is 0 Å². The molecule has 0 amide bonds. The molecule has 4 heteroatoms. The molecule has 1 aromatic carbocycles. The van der Waals surface area contributed by atoms with E-state index in [4.69, 9.17) is 0 Å². The number of anilines is 1. The van der Waals surface area contributed by atoms with Crippen LogP contribution in [-0.4, -0.2) is 20.7 Å². The molecule has 1 saturated heterocycles. The van der Waals surface area contributed by atoms with Crippen molar-refractivity contribution in [1.82, 2.24) is 0 Å². The van der Waals surface area contributed by atoms with E-state index in [0.717, 1.165) is 29.7 Å². The average Bonchev–Trinajstić information content (AvgIpc) is 2.19. The van der Waals surface area contributed by atoms with Crippen molar-refractivity contribution in [3.63, 3.8) is 0 Å². The number of para-hydroxylation sites is 1. The zero-order chi connectivity index (χ0) is 11.8. The van der Waals surface area contributed by atoms with Crippen LogP contribution in [0.25, 0.3) is 0 Å². The molecule has 88 valence electrons. The number of hydrogen-bond donors (Lipinski definition) is 0. The minimum Gasteiger partial charge on any atom is -0.270 e. The van der Waals surface area contributed by atoms with E-state index >= 15 is 0 Å². The van der Waals surface area contributed by atoms with Gasteiger partial charge in [0.2, 0.25) is 10.0 Å². The lowest BCUT2D eigenvalue weighted by molar-refractivity contribution is 0.574. The van der Waals surface area contributed by atoms with Crippen molar-refractivity contribution < 1.29 is 8.42 Å². The van der Waals surface area contributed by atoms with Gasteiger partial charge in [-0.3, -0.25) is 4.31 Å². The highest BCUT2D eigenvalue weighted by Crippen LogP contribution is 2.29. The van der Waals surface area contributed by atoms with Crippen molar-refractivity contribution in [3.8, 4) is 0 Å². The molecule has 0 unspecified atom stereocenters. The van der Waals surface area contributed by atoms with Crippen LogP contribution >= 0.6 is 0 Å². The lowest BCUT2D eigenvalue weighted by Crippen LogP contribution is -2.38. The van der Waals surface area contributed by atoms with E-state index in [9.17, 15) is 8.42 Å². The molecule has 0 aliphatic carbocycles. The Morgan fingerprint density at radius 3 is 2.31 bits per heavy atom. The first-order chi connectivity index (χ1) is 7.52. The summed E-state index contributed by atoms with van der Waals surface area (Å²) < 4.78 is 25.6. The van der Waals surface area contributed by atoms with E-state index in [0.29, 0.717) is 6.54 Å². The minimum absolute atomic E-state index is 0.279. The summed E-state index contributed by atoms with van der Waals surface area (Å²) >= 11 is 0. The maximum Gasteiger partial charge on any atom is 0.235 e. The summed E-state index contributed by atoms with van der Waals surface area (Å²) in [5.74, 6) is 0.279. The standard InChI is InChI=1S/C12H17NO2S/c1-10-6-5-7-11(2)12(10)13-8-3-4-9-16(13,14)15/h5-7H,3-4,8-9H2,1-2H3. The smallest absolute Gasteiger partial charge is 0.235 e. The lowest BCUT2D eigenvalue weighted by atomic mass is 10.1. The Bertz CT molecular complexity index is 473. The van der Waals surface area contributed by atoms with Gasteiger partial charge in [-0.1, -0.05) is 18.2 Å². The van der Waals surface area contributed by atoms with Gasteiger partial charge in [-0.05, 0) is 37.8 Å². The second-order valence-electron chi connectivity index (χ2n) is 4.34. The summed E-state index contributed by atoms with van der Waals surface area (Å²) in [6.07, 6.45) is 1.73. The van der Waals surface area contributed by atoms with E-state index in [-0.39, 0.29) is 5.75 Å². The number of rotatable bonds is 1. The molecular weight excluding hydrogens is 222 g/mol. The van der Waals surface area contributed by atoms with Crippen LogP contribution in [0.4, 0.5) is 5.69 Å². The third kappa shape index (κ3) is 1.94. The van der Waals surface area contributed by atoms with Crippen molar-refractivity contribution in [2.24, 2.45) is 0 Å². The molecule has 0 radical (unpaired) electrons. The Labute approximate surface area is 97.1 Å². The summed E-state index contributed by atoms with van der Waals surface area (Å²) in [6.45, 7) is 4.55. The monoisotopic (exact) mass is 239 g/mol. The Morgan fingerprint density at radius 2 is 1.75 bits per heavy atom. The van der Waals surface area contributed by atoms with Gasteiger partial charge in [-0.2, -0.15) is 0 Å². The highest BCUT2D eigenvalue weighted by Gasteiger charge is 2.27. The highest BCUT2D eigenvalue weighted by molar-refractivity contribution is 7.92. The van der Waals surface area contributed by atoms with Crippen molar-refractivity contribution >= 4 is 15.7 Å². The number of nitrogens with zero attached hydrogens (tertiary/aromatic N) is 1. The number of aryl methyl sites for hydroxylation is 2. The van der Waals surface area contributed by atoms with Crippen LogP contribution in [0.3, 0.4) is 0 Å². The first-order valence-corrected chi connectivity index (χ1v) is 7.20. The van der Waals surface area contributed by atoms with Gasteiger partial charge < -0.3 is 0 Å². The van der Waals surface area contributed by atoms with Crippen LogP contribution in [0.2, 0.25) is 0 Å². The van der Waals surface area contributed by atoms with E-state index < -0.39 is 10.0 Å². The predicted octanol–water partition coefficient (Wildman–Crippen LogP) is 2.23. The lowest BCUT2D eigenvalue weighted by Gasteiger charge is -2.30. The Hall–Kier alpha value is -1.03. The van der Waals surface area contributed by atoms with E-state index in [1.165, 1.54) is 0 Å². The van der Waals surface area contributed by atoms with Crippen molar-refractivity contribution in [2.75, 3.05) is 16.6 Å². The van der Waals surface area contributed by atoms with Gasteiger partial charge in [0, 0.05) is 6.54 Å². The molecular formula is C12H17NO2S. The summed E-state index contributed by atoms with van der Waals surface area (Å²) in [6, 6.07) is 5.89. The molecule has 0 spiro atoms. The molecule has 0 saturated carbocycles. The molecule has 0 aromatic heterocycles. The maximum atomic E-state index is 12.0. The molecule has 16 heavy (non-hydrogen) atoms. The van der Waals surface area contributed by atoms with Gasteiger partial charge in [0.15, 0.2) is 0 Å². The molecule has 2 rings (SSSR count). The normalized spacial score (nSPS) is 19.8. The molecule has 1 aliphatic rings. The summed E-state index contributed by atoms with van der Waals surface area (Å²) in [5, 5.41) is 0. The first-order valence-electron chi connectivity index (χ1n) is 5.59. The average molecular weight is 239 g/mol. The molecule has 0 N–H and O–H groups in total.